The summed E-state index contributed by atoms with van der Waals surface area (Å²) >= 11 is 3.51. The number of halogens is 1. The van der Waals surface area contributed by atoms with Gasteiger partial charge >= 0.3 is 0 Å². The molecule has 1 fully saturated rings. The molecule has 1 saturated heterocycles. The molecule has 1 aromatic rings. The Morgan fingerprint density at radius 2 is 2.31 bits per heavy atom. The molecule has 1 N–H and O–H groups in total. The molecule has 13 heavy (non-hydrogen) atoms. The smallest absolute Gasteiger partial charge is 0.174 e. The first-order chi connectivity index (χ1) is 5.84. The fourth-order valence-corrected chi connectivity index (χ4v) is 2.92. The fraction of sp³-hybridized carbons (Fsp3) is 0.714. The molecule has 0 saturated carbocycles. The molecule has 6 heteroatoms. The van der Waals surface area contributed by atoms with Gasteiger partial charge in [0.2, 0.25) is 0 Å². The number of rotatable bonds is 3. The molecule has 1 aliphatic heterocycles. The van der Waals surface area contributed by atoms with E-state index in [1.54, 1.807) is 11.3 Å². The van der Waals surface area contributed by atoms with Crippen LogP contribution in [0.4, 0.5) is 0 Å². The van der Waals surface area contributed by atoms with Gasteiger partial charge in [0.05, 0.1) is 0 Å². The zero-order valence-electron chi connectivity index (χ0n) is 7.32. The molecule has 1 aliphatic rings. The van der Waals surface area contributed by atoms with E-state index in [0.29, 0.717) is 0 Å². The van der Waals surface area contributed by atoms with Gasteiger partial charge in [-0.25, -0.2) is 0 Å². The van der Waals surface area contributed by atoms with E-state index in [9.17, 15) is 0 Å². The van der Waals surface area contributed by atoms with Crippen LogP contribution in [0.1, 0.15) is 5.01 Å². The minimum Gasteiger partial charge on any atom is -0.316 e. The van der Waals surface area contributed by atoms with Gasteiger partial charge < -0.3 is 5.32 Å². The van der Waals surface area contributed by atoms with Crippen molar-refractivity contribution >= 4 is 35.5 Å². The summed E-state index contributed by atoms with van der Waals surface area (Å²) in [6.07, 6.45) is 0. The second-order valence-electron chi connectivity index (χ2n) is 2.92. The average Bonchev–Trinajstić information content (AvgIpc) is 2.32. The van der Waals surface area contributed by atoms with Crippen molar-refractivity contribution < 1.29 is 0 Å². The standard InChI is InChI=1S/C7H11N3S2.ClH/c1-5-9-10-7(12-5)11-4-6-2-8-3-6;/h6,8H,2-4H2,1H3;1H. The van der Waals surface area contributed by atoms with E-state index >= 15 is 0 Å². The van der Waals surface area contributed by atoms with E-state index in [1.165, 1.54) is 18.8 Å². The van der Waals surface area contributed by atoms with Crippen molar-refractivity contribution in [2.75, 3.05) is 18.8 Å². The lowest BCUT2D eigenvalue weighted by Gasteiger charge is -2.25. The van der Waals surface area contributed by atoms with Gasteiger partial charge in [-0.2, -0.15) is 0 Å². The number of hydrogen-bond acceptors (Lipinski definition) is 5. The van der Waals surface area contributed by atoms with Crippen molar-refractivity contribution in [1.82, 2.24) is 15.5 Å². The van der Waals surface area contributed by atoms with Crippen LogP contribution in [0.15, 0.2) is 4.34 Å². The summed E-state index contributed by atoms with van der Waals surface area (Å²) in [5.41, 5.74) is 0. The zero-order valence-corrected chi connectivity index (χ0v) is 9.77. The topological polar surface area (TPSA) is 37.8 Å². The molecular weight excluding hydrogens is 226 g/mol. The van der Waals surface area contributed by atoms with Crippen LogP contribution < -0.4 is 5.32 Å². The molecule has 74 valence electrons. The van der Waals surface area contributed by atoms with Crippen LogP contribution in [0.5, 0.6) is 0 Å². The lowest BCUT2D eigenvalue weighted by Crippen LogP contribution is -2.43. The molecule has 1 aromatic heterocycles. The fourth-order valence-electron chi connectivity index (χ4n) is 0.992. The molecule has 0 atom stereocenters. The summed E-state index contributed by atoms with van der Waals surface area (Å²) in [6.45, 7) is 4.34. The Bertz CT molecular complexity index is 262. The van der Waals surface area contributed by atoms with Gasteiger partial charge in [0.1, 0.15) is 5.01 Å². The minimum absolute atomic E-state index is 0. The monoisotopic (exact) mass is 237 g/mol. The molecule has 0 aliphatic carbocycles. The van der Waals surface area contributed by atoms with E-state index < -0.39 is 0 Å². The van der Waals surface area contributed by atoms with Crippen molar-refractivity contribution in [2.24, 2.45) is 5.92 Å². The summed E-state index contributed by atoms with van der Waals surface area (Å²) in [7, 11) is 0. The quantitative estimate of drug-likeness (QED) is 0.811. The third-order valence-corrected chi connectivity index (χ3v) is 4.02. The molecule has 0 bridgehead atoms. The highest BCUT2D eigenvalue weighted by Crippen LogP contribution is 2.24. The minimum atomic E-state index is 0. The predicted octanol–water partition coefficient (Wildman–Crippen LogP) is 1.58. The van der Waals surface area contributed by atoms with E-state index in [0.717, 1.165) is 15.3 Å². The van der Waals surface area contributed by atoms with Crippen molar-refractivity contribution in [1.29, 1.82) is 0 Å². The van der Waals surface area contributed by atoms with Crippen molar-refractivity contribution in [3.8, 4) is 0 Å². The molecule has 0 aromatic carbocycles. The molecule has 0 radical (unpaired) electrons. The predicted molar refractivity (Wildman–Crippen MR) is 59.0 cm³/mol. The zero-order chi connectivity index (χ0) is 8.39. The second-order valence-corrected chi connectivity index (χ2v) is 5.37. The number of aryl methyl sites for hydroxylation is 1. The summed E-state index contributed by atoms with van der Waals surface area (Å²) in [5.74, 6) is 2.03. The van der Waals surface area contributed by atoms with Crippen LogP contribution in [0.2, 0.25) is 0 Å². The van der Waals surface area contributed by atoms with Crippen molar-refractivity contribution in [3.05, 3.63) is 5.01 Å². The lowest BCUT2D eigenvalue weighted by molar-refractivity contribution is 0.385. The van der Waals surface area contributed by atoms with Gasteiger partial charge in [-0.15, -0.1) is 22.6 Å². The lowest BCUT2D eigenvalue weighted by atomic mass is 10.1. The molecule has 2 rings (SSSR count). The SMILES string of the molecule is Cc1nnc(SCC2CNC2)s1.Cl. The molecule has 3 nitrogen and oxygen atoms in total. The Morgan fingerprint density at radius 1 is 1.54 bits per heavy atom. The Balaban J connectivity index is 0.000000845. The van der Waals surface area contributed by atoms with E-state index in [4.69, 9.17) is 0 Å². The first kappa shape index (κ1) is 11.2. The van der Waals surface area contributed by atoms with Crippen LogP contribution in [-0.4, -0.2) is 29.0 Å². The highest BCUT2D eigenvalue weighted by atomic mass is 35.5. The Kier molecular flexibility index (Phi) is 4.45. The van der Waals surface area contributed by atoms with Gasteiger partial charge in [-0.3, -0.25) is 0 Å². The number of nitrogens with zero attached hydrogens (tertiary/aromatic N) is 2. The number of hydrogen-bond donors (Lipinski definition) is 1. The molecule has 0 unspecified atom stereocenters. The third-order valence-electron chi connectivity index (χ3n) is 1.82. The van der Waals surface area contributed by atoms with Crippen LogP contribution in [0.25, 0.3) is 0 Å². The Labute approximate surface area is 92.1 Å². The number of aromatic nitrogens is 2. The van der Waals surface area contributed by atoms with E-state index in [-0.39, 0.29) is 12.4 Å². The number of nitrogens with one attached hydrogen (secondary N) is 1. The van der Waals surface area contributed by atoms with Crippen LogP contribution in [-0.2, 0) is 0 Å². The average molecular weight is 238 g/mol. The highest BCUT2D eigenvalue weighted by Gasteiger charge is 2.17. The van der Waals surface area contributed by atoms with Gasteiger partial charge in [0.25, 0.3) is 0 Å². The van der Waals surface area contributed by atoms with E-state index in [2.05, 4.69) is 15.5 Å². The Morgan fingerprint density at radius 3 is 2.77 bits per heavy atom. The summed E-state index contributed by atoms with van der Waals surface area (Å²) in [5, 5.41) is 12.3. The Hall–Kier alpha value is 0.160. The maximum Gasteiger partial charge on any atom is 0.174 e. The first-order valence-corrected chi connectivity index (χ1v) is 5.78. The highest BCUT2D eigenvalue weighted by molar-refractivity contribution is 8.01. The molecule has 0 amide bonds. The molecule has 0 spiro atoms. The third kappa shape index (κ3) is 3.09. The number of thioether (sulfide) groups is 1. The van der Waals surface area contributed by atoms with Crippen molar-refractivity contribution in [2.45, 2.75) is 11.3 Å². The van der Waals surface area contributed by atoms with Crippen LogP contribution in [0.3, 0.4) is 0 Å². The summed E-state index contributed by atoms with van der Waals surface area (Å²) in [6, 6.07) is 0. The van der Waals surface area contributed by atoms with E-state index in [1.807, 2.05) is 18.7 Å². The normalized spacial score (nSPS) is 16.4. The molecular formula is C7H12ClN3S2. The maximum absolute atomic E-state index is 4.06. The second kappa shape index (κ2) is 5.14. The summed E-state index contributed by atoms with van der Waals surface area (Å²) < 4.78 is 1.11. The largest absolute Gasteiger partial charge is 0.316 e. The van der Waals surface area contributed by atoms with Gasteiger partial charge in [0.15, 0.2) is 4.34 Å². The van der Waals surface area contributed by atoms with Crippen LogP contribution in [0, 0.1) is 12.8 Å². The van der Waals surface area contributed by atoms with Gasteiger partial charge in [-0.1, -0.05) is 23.1 Å². The van der Waals surface area contributed by atoms with Gasteiger partial charge in [0, 0.05) is 5.75 Å². The van der Waals surface area contributed by atoms with Crippen molar-refractivity contribution in [3.63, 3.8) is 0 Å². The van der Waals surface area contributed by atoms with Crippen LogP contribution >= 0.6 is 35.5 Å². The summed E-state index contributed by atoms with van der Waals surface area (Å²) in [4.78, 5) is 0. The maximum atomic E-state index is 4.06. The van der Waals surface area contributed by atoms with Gasteiger partial charge in [-0.05, 0) is 25.9 Å². The molecule has 2 heterocycles. The first-order valence-electron chi connectivity index (χ1n) is 3.98.